The minimum atomic E-state index is -1.00. The number of rotatable bonds is 15. The van der Waals surface area contributed by atoms with Gasteiger partial charge in [-0.15, -0.1) is 0 Å². The third-order valence-electron chi connectivity index (χ3n) is 4.32. The van der Waals surface area contributed by atoms with Gasteiger partial charge >= 0.3 is 0 Å². The summed E-state index contributed by atoms with van der Waals surface area (Å²) < 4.78 is 6.38. The predicted octanol–water partition coefficient (Wildman–Crippen LogP) is 6.33. The van der Waals surface area contributed by atoms with E-state index in [1.807, 2.05) is 0 Å². The fourth-order valence-corrected chi connectivity index (χ4v) is 5.67. The molecule has 0 aliphatic rings. The van der Waals surface area contributed by atoms with E-state index in [1.54, 1.807) is 11.8 Å². The van der Waals surface area contributed by atoms with Crippen LogP contribution in [0.3, 0.4) is 0 Å². The fourth-order valence-electron chi connectivity index (χ4n) is 2.89. The van der Waals surface area contributed by atoms with Crippen molar-refractivity contribution in [2.45, 2.75) is 116 Å². The summed E-state index contributed by atoms with van der Waals surface area (Å²) in [5.41, 5.74) is 0. The zero-order valence-electron chi connectivity index (χ0n) is 16.2. The summed E-state index contributed by atoms with van der Waals surface area (Å²) >= 11 is 1.56. The molecule has 2 unspecified atom stereocenters. The van der Waals surface area contributed by atoms with Crippen LogP contribution in [-0.2, 0) is 9.22 Å². The minimum Gasteiger partial charge on any atom is -0.417 e. The second-order valence-corrected chi connectivity index (χ2v) is 11.3. The largest absolute Gasteiger partial charge is 0.417 e. The lowest BCUT2D eigenvalue weighted by Crippen LogP contribution is -2.27. The van der Waals surface area contributed by atoms with Gasteiger partial charge in [-0.1, -0.05) is 78.5 Å². The van der Waals surface area contributed by atoms with E-state index in [0.29, 0.717) is 16.5 Å². The second kappa shape index (κ2) is 15.7. The summed E-state index contributed by atoms with van der Waals surface area (Å²) in [5.74, 6) is 0. The Labute approximate surface area is 151 Å². The van der Waals surface area contributed by atoms with Crippen LogP contribution >= 0.6 is 11.8 Å². The van der Waals surface area contributed by atoms with E-state index in [9.17, 15) is 4.79 Å². The van der Waals surface area contributed by atoms with Crippen molar-refractivity contribution in [1.82, 2.24) is 0 Å². The lowest BCUT2D eigenvalue weighted by molar-refractivity contribution is -0.111. The van der Waals surface area contributed by atoms with E-state index < -0.39 is 9.04 Å². The molecule has 0 rings (SSSR count). The molecule has 23 heavy (non-hydrogen) atoms. The standard InChI is InChI=1S/C19H40O2SSi/c1-6-10-11-12-13-15-19(20)22-17(5)16-18(14-7-2)21-23(8-3)9-4/h17-18,23H,6-16H2,1-5H3. The Balaban J connectivity index is 4.05. The fraction of sp³-hybridized carbons (Fsp3) is 0.947. The molecule has 0 saturated heterocycles. The lowest BCUT2D eigenvalue weighted by atomic mass is 10.1. The summed E-state index contributed by atoms with van der Waals surface area (Å²) in [6, 6.07) is 2.43. The number of hydrogen-bond acceptors (Lipinski definition) is 3. The molecule has 0 aliphatic carbocycles. The van der Waals surface area contributed by atoms with Crippen molar-refractivity contribution in [3.05, 3.63) is 0 Å². The van der Waals surface area contributed by atoms with Crippen molar-refractivity contribution in [2.24, 2.45) is 0 Å². The van der Waals surface area contributed by atoms with Gasteiger partial charge in [0.1, 0.15) is 0 Å². The third kappa shape index (κ3) is 13.2. The van der Waals surface area contributed by atoms with E-state index in [1.165, 1.54) is 44.2 Å². The van der Waals surface area contributed by atoms with Crippen molar-refractivity contribution < 1.29 is 9.22 Å². The Morgan fingerprint density at radius 2 is 1.65 bits per heavy atom. The molecule has 0 heterocycles. The van der Waals surface area contributed by atoms with Gasteiger partial charge in [0.25, 0.3) is 0 Å². The van der Waals surface area contributed by atoms with Gasteiger partial charge in [0, 0.05) is 17.8 Å². The lowest BCUT2D eigenvalue weighted by Gasteiger charge is -2.25. The molecule has 0 bridgehead atoms. The number of thioether (sulfide) groups is 1. The molecule has 0 N–H and O–H groups in total. The van der Waals surface area contributed by atoms with E-state index in [-0.39, 0.29) is 0 Å². The monoisotopic (exact) mass is 360 g/mol. The highest BCUT2D eigenvalue weighted by Crippen LogP contribution is 2.24. The normalized spacial score (nSPS) is 14.2. The quantitative estimate of drug-likeness (QED) is 0.252. The van der Waals surface area contributed by atoms with Crippen LogP contribution in [0.4, 0.5) is 0 Å². The first kappa shape index (κ1) is 23.2. The molecule has 2 nitrogen and oxygen atoms in total. The van der Waals surface area contributed by atoms with Gasteiger partial charge in [0.05, 0.1) is 0 Å². The first-order valence-electron chi connectivity index (χ1n) is 9.92. The minimum absolute atomic E-state index is 0.372. The third-order valence-corrected chi connectivity index (χ3v) is 7.97. The van der Waals surface area contributed by atoms with Crippen LogP contribution < -0.4 is 0 Å². The molecule has 0 fully saturated rings. The Bertz CT molecular complexity index is 283. The molecule has 0 aromatic carbocycles. The zero-order chi connectivity index (χ0) is 17.5. The van der Waals surface area contributed by atoms with E-state index >= 15 is 0 Å². The van der Waals surface area contributed by atoms with Crippen molar-refractivity contribution >= 4 is 25.9 Å². The molecule has 0 radical (unpaired) electrons. The first-order chi connectivity index (χ1) is 11.1. The predicted molar refractivity (Wildman–Crippen MR) is 108 cm³/mol. The summed E-state index contributed by atoms with van der Waals surface area (Å²) in [4.78, 5) is 12.1. The van der Waals surface area contributed by atoms with Crippen LogP contribution in [0.15, 0.2) is 0 Å². The maximum absolute atomic E-state index is 12.1. The van der Waals surface area contributed by atoms with Crippen LogP contribution in [-0.4, -0.2) is 25.5 Å². The summed E-state index contributed by atoms with van der Waals surface area (Å²) in [6.45, 7) is 11.2. The molecular weight excluding hydrogens is 320 g/mol. The summed E-state index contributed by atoms with van der Waals surface area (Å²) in [7, 11) is -1.00. The summed E-state index contributed by atoms with van der Waals surface area (Å²) in [6.07, 6.45) is 10.6. The SMILES string of the molecule is CCCCCCCC(=O)SC(C)CC(CCC)O[SiH](CC)CC. The van der Waals surface area contributed by atoms with Crippen molar-refractivity contribution in [3.8, 4) is 0 Å². The number of unbranched alkanes of at least 4 members (excludes halogenated alkanes) is 4. The van der Waals surface area contributed by atoms with E-state index in [0.717, 1.165) is 25.7 Å². The second-order valence-electron chi connectivity index (χ2n) is 6.69. The Hall–Kier alpha value is 0.197. The molecular formula is C19H40O2SSi. The van der Waals surface area contributed by atoms with Crippen LogP contribution in [0.2, 0.25) is 12.1 Å². The molecule has 0 aromatic heterocycles. The molecule has 138 valence electrons. The van der Waals surface area contributed by atoms with Crippen molar-refractivity contribution in [3.63, 3.8) is 0 Å². The van der Waals surface area contributed by atoms with Crippen LogP contribution in [0.5, 0.6) is 0 Å². The average molecular weight is 361 g/mol. The molecule has 0 spiro atoms. The van der Waals surface area contributed by atoms with Crippen LogP contribution in [0.1, 0.15) is 92.4 Å². The first-order valence-corrected chi connectivity index (χ1v) is 12.9. The maximum atomic E-state index is 12.1. The van der Waals surface area contributed by atoms with E-state index in [4.69, 9.17) is 4.43 Å². The molecule has 4 heteroatoms. The highest BCUT2D eigenvalue weighted by atomic mass is 32.2. The number of hydrogen-bond donors (Lipinski definition) is 0. The highest BCUT2D eigenvalue weighted by molar-refractivity contribution is 8.14. The van der Waals surface area contributed by atoms with Gasteiger partial charge in [-0.3, -0.25) is 4.79 Å². The van der Waals surface area contributed by atoms with E-state index in [2.05, 4.69) is 34.6 Å². The van der Waals surface area contributed by atoms with Gasteiger partial charge in [0.15, 0.2) is 14.2 Å². The number of carbonyl (C=O) groups excluding carboxylic acids is 1. The molecule has 0 aromatic rings. The Kier molecular flexibility index (Phi) is 15.8. The highest BCUT2D eigenvalue weighted by Gasteiger charge is 2.19. The molecule has 2 atom stereocenters. The molecule has 0 amide bonds. The topological polar surface area (TPSA) is 26.3 Å². The average Bonchev–Trinajstić information content (AvgIpc) is 2.52. The zero-order valence-corrected chi connectivity index (χ0v) is 18.2. The van der Waals surface area contributed by atoms with Gasteiger partial charge in [-0.05, 0) is 31.4 Å². The Morgan fingerprint density at radius 3 is 2.22 bits per heavy atom. The molecule has 0 aliphatic heterocycles. The van der Waals surface area contributed by atoms with Gasteiger partial charge in [0.2, 0.25) is 0 Å². The van der Waals surface area contributed by atoms with Gasteiger partial charge < -0.3 is 4.43 Å². The van der Waals surface area contributed by atoms with Crippen LogP contribution in [0, 0.1) is 0 Å². The number of carbonyl (C=O) groups is 1. The van der Waals surface area contributed by atoms with Gasteiger partial charge in [-0.2, -0.15) is 0 Å². The smallest absolute Gasteiger partial charge is 0.189 e. The summed E-state index contributed by atoms with van der Waals surface area (Å²) in [5, 5.41) is 0.766. The van der Waals surface area contributed by atoms with Gasteiger partial charge in [-0.25, -0.2) is 0 Å². The molecule has 0 saturated carbocycles. The van der Waals surface area contributed by atoms with Crippen LogP contribution in [0.25, 0.3) is 0 Å². The van der Waals surface area contributed by atoms with Crippen molar-refractivity contribution in [2.75, 3.05) is 0 Å². The maximum Gasteiger partial charge on any atom is 0.189 e. The Morgan fingerprint density at radius 1 is 1.00 bits per heavy atom. The van der Waals surface area contributed by atoms with Crippen molar-refractivity contribution in [1.29, 1.82) is 0 Å².